The van der Waals surface area contributed by atoms with Crippen molar-refractivity contribution in [1.82, 2.24) is 0 Å². The van der Waals surface area contributed by atoms with Crippen LogP contribution in [0.2, 0.25) is 5.02 Å². The molecule has 6 heteroatoms. The Morgan fingerprint density at radius 2 is 2.05 bits per heavy atom. The standard InChI is InChI=1S/C15H20ClNO3S/c1-21(20)9-11-8-13(6-7-14(11)16)17-12-4-2-10(3-5-12)15(18)19/h6-8,10,12,17H,2-5,9H2,1H3,(H,18,19). The first kappa shape index (κ1) is 16.3. The first-order valence-corrected chi connectivity index (χ1v) is 9.14. The number of hydrogen-bond donors (Lipinski definition) is 2. The maximum atomic E-state index is 11.3. The van der Waals surface area contributed by atoms with Crippen molar-refractivity contribution in [2.45, 2.75) is 37.5 Å². The lowest BCUT2D eigenvalue weighted by molar-refractivity contribution is -0.142. The van der Waals surface area contributed by atoms with E-state index >= 15 is 0 Å². The third-order valence-corrected chi connectivity index (χ3v) is 4.94. The van der Waals surface area contributed by atoms with Gasteiger partial charge in [0, 0.05) is 39.6 Å². The van der Waals surface area contributed by atoms with E-state index in [1.807, 2.05) is 18.2 Å². The van der Waals surface area contributed by atoms with Crippen molar-refractivity contribution in [3.05, 3.63) is 28.8 Å². The van der Waals surface area contributed by atoms with Crippen LogP contribution in [0.25, 0.3) is 0 Å². The van der Waals surface area contributed by atoms with Crippen molar-refractivity contribution >= 4 is 34.1 Å². The van der Waals surface area contributed by atoms with Gasteiger partial charge in [0.25, 0.3) is 0 Å². The molecule has 0 bridgehead atoms. The second kappa shape index (κ2) is 7.27. The van der Waals surface area contributed by atoms with Gasteiger partial charge in [-0.1, -0.05) is 11.6 Å². The highest BCUT2D eigenvalue weighted by atomic mass is 35.5. The van der Waals surface area contributed by atoms with E-state index in [2.05, 4.69) is 5.32 Å². The number of benzene rings is 1. The van der Waals surface area contributed by atoms with Crippen LogP contribution in [0.5, 0.6) is 0 Å². The Labute approximate surface area is 132 Å². The van der Waals surface area contributed by atoms with Gasteiger partial charge in [-0.05, 0) is 49.4 Å². The fraction of sp³-hybridized carbons (Fsp3) is 0.533. The van der Waals surface area contributed by atoms with Gasteiger partial charge in [-0.3, -0.25) is 9.00 Å². The summed E-state index contributed by atoms with van der Waals surface area (Å²) in [6.45, 7) is 0. The highest BCUT2D eigenvalue weighted by molar-refractivity contribution is 7.83. The average Bonchev–Trinajstić information content (AvgIpc) is 2.42. The Bertz CT molecular complexity index is 542. The largest absolute Gasteiger partial charge is 0.481 e. The maximum absolute atomic E-state index is 11.3. The van der Waals surface area contributed by atoms with E-state index in [4.69, 9.17) is 16.7 Å². The third-order valence-electron chi connectivity index (χ3n) is 3.85. The fourth-order valence-corrected chi connectivity index (χ4v) is 3.65. The van der Waals surface area contributed by atoms with Crippen molar-refractivity contribution in [1.29, 1.82) is 0 Å². The number of anilines is 1. The van der Waals surface area contributed by atoms with Gasteiger partial charge < -0.3 is 10.4 Å². The zero-order valence-corrected chi connectivity index (χ0v) is 13.5. The molecule has 4 nitrogen and oxygen atoms in total. The summed E-state index contributed by atoms with van der Waals surface area (Å²) in [4.78, 5) is 10.9. The molecular weight excluding hydrogens is 310 g/mol. The van der Waals surface area contributed by atoms with Crippen LogP contribution in [-0.2, 0) is 21.3 Å². The Balaban J connectivity index is 1.97. The molecule has 0 amide bonds. The maximum Gasteiger partial charge on any atom is 0.306 e. The quantitative estimate of drug-likeness (QED) is 0.870. The third kappa shape index (κ3) is 4.71. The Morgan fingerprint density at radius 3 is 2.62 bits per heavy atom. The Kier molecular flexibility index (Phi) is 5.65. The van der Waals surface area contributed by atoms with Crippen molar-refractivity contribution in [2.75, 3.05) is 11.6 Å². The number of halogens is 1. The lowest BCUT2D eigenvalue weighted by atomic mass is 9.86. The van der Waals surface area contributed by atoms with Gasteiger partial charge in [0.1, 0.15) is 0 Å². The molecule has 1 saturated carbocycles. The van der Waals surface area contributed by atoms with E-state index in [1.165, 1.54) is 0 Å². The van der Waals surface area contributed by atoms with Gasteiger partial charge in [-0.25, -0.2) is 0 Å². The van der Waals surface area contributed by atoms with Gasteiger partial charge in [-0.2, -0.15) is 0 Å². The Morgan fingerprint density at radius 1 is 1.38 bits per heavy atom. The molecule has 1 aliphatic rings. The van der Waals surface area contributed by atoms with Crippen molar-refractivity contribution in [2.24, 2.45) is 5.92 Å². The smallest absolute Gasteiger partial charge is 0.306 e. The topological polar surface area (TPSA) is 66.4 Å². The van der Waals surface area contributed by atoms with Crippen LogP contribution in [0, 0.1) is 5.92 Å². The van der Waals surface area contributed by atoms with Crippen LogP contribution in [0.4, 0.5) is 5.69 Å². The number of nitrogens with one attached hydrogen (secondary N) is 1. The minimum Gasteiger partial charge on any atom is -0.481 e. The van der Waals surface area contributed by atoms with E-state index < -0.39 is 16.8 Å². The summed E-state index contributed by atoms with van der Waals surface area (Å²) in [5, 5.41) is 13.1. The summed E-state index contributed by atoms with van der Waals surface area (Å²) < 4.78 is 11.3. The van der Waals surface area contributed by atoms with Crippen molar-refractivity contribution in [3.63, 3.8) is 0 Å². The zero-order chi connectivity index (χ0) is 15.4. The molecule has 2 N–H and O–H groups in total. The first-order valence-electron chi connectivity index (χ1n) is 7.03. The van der Waals surface area contributed by atoms with Crippen molar-refractivity contribution in [3.8, 4) is 0 Å². The molecule has 0 spiro atoms. The summed E-state index contributed by atoms with van der Waals surface area (Å²) in [6.07, 6.45) is 4.80. The number of carboxylic acid groups (broad SMARTS) is 1. The van der Waals surface area contributed by atoms with E-state index in [0.717, 1.165) is 24.1 Å². The normalized spacial score (nSPS) is 23.5. The van der Waals surface area contributed by atoms with Crippen LogP contribution >= 0.6 is 11.6 Å². The minimum absolute atomic E-state index is 0.202. The van der Waals surface area contributed by atoms with Crippen LogP contribution in [-0.4, -0.2) is 27.6 Å². The molecule has 0 saturated heterocycles. The predicted octanol–water partition coefficient (Wildman–Crippen LogP) is 3.27. The average molecular weight is 330 g/mol. The molecule has 1 atom stereocenters. The molecule has 1 fully saturated rings. The van der Waals surface area contributed by atoms with E-state index in [1.54, 1.807) is 6.26 Å². The molecule has 0 aliphatic heterocycles. The van der Waals surface area contributed by atoms with Gasteiger partial charge >= 0.3 is 5.97 Å². The van der Waals surface area contributed by atoms with E-state index in [0.29, 0.717) is 29.7 Å². The van der Waals surface area contributed by atoms with Gasteiger partial charge in [0.2, 0.25) is 0 Å². The SMILES string of the molecule is CS(=O)Cc1cc(NC2CCC(C(=O)O)CC2)ccc1Cl. The number of rotatable bonds is 5. The molecule has 1 aromatic rings. The lowest BCUT2D eigenvalue weighted by Crippen LogP contribution is -2.29. The number of aliphatic carboxylic acids is 1. The van der Waals surface area contributed by atoms with Crippen LogP contribution < -0.4 is 5.32 Å². The van der Waals surface area contributed by atoms with Crippen LogP contribution in [0.3, 0.4) is 0 Å². The molecule has 0 radical (unpaired) electrons. The molecule has 0 heterocycles. The molecule has 21 heavy (non-hydrogen) atoms. The summed E-state index contributed by atoms with van der Waals surface area (Å²) >= 11 is 6.11. The van der Waals surface area contributed by atoms with Gasteiger partial charge in [0.15, 0.2) is 0 Å². The van der Waals surface area contributed by atoms with E-state index in [-0.39, 0.29) is 5.92 Å². The molecular formula is C15H20ClNO3S. The van der Waals surface area contributed by atoms with Gasteiger partial charge in [-0.15, -0.1) is 0 Å². The second-order valence-electron chi connectivity index (χ2n) is 5.55. The summed E-state index contributed by atoms with van der Waals surface area (Å²) in [7, 11) is -0.929. The van der Waals surface area contributed by atoms with Crippen LogP contribution in [0.1, 0.15) is 31.2 Å². The minimum atomic E-state index is -0.929. The van der Waals surface area contributed by atoms with Crippen molar-refractivity contribution < 1.29 is 14.1 Å². The number of carbonyl (C=O) groups is 1. The number of hydrogen-bond acceptors (Lipinski definition) is 3. The van der Waals surface area contributed by atoms with E-state index in [9.17, 15) is 9.00 Å². The highest BCUT2D eigenvalue weighted by Crippen LogP contribution is 2.28. The van der Waals surface area contributed by atoms with Gasteiger partial charge in [0.05, 0.1) is 5.92 Å². The monoisotopic (exact) mass is 329 g/mol. The molecule has 116 valence electrons. The summed E-state index contributed by atoms with van der Waals surface area (Å²) in [5.74, 6) is -0.445. The molecule has 1 aromatic carbocycles. The zero-order valence-electron chi connectivity index (χ0n) is 12.0. The lowest BCUT2D eigenvalue weighted by Gasteiger charge is -2.27. The Hall–Kier alpha value is -1.07. The predicted molar refractivity (Wildman–Crippen MR) is 86.2 cm³/mol. The second-order valence-corrected chi connectivity index (χ2v) is 7.40. The number of carboxylic acids is 1. The summed E-state index contributed by atoms with van der Waals surface area (Å²) in [6, 6.07) is 5.96. The molecule has 0 aromatic heterocycles. The highest BCUT2D eigenvalue weighted by Gasteiger charge is 2.25. The van der Waals surface area contributed by atoms with Crippen LogP contribution in [0.15, 0.2) is 18.2 Å². The summed E-state index contributed by atoms with van der Waals surface area (Å²) in [5.41, 5.74) is 1.83. The molecule has 1 unspecified atom stereocenters. The fourth-order valence-electron chi connectivity index (χ4n) is 2.71. The molecule has 1 aliphatic carbocycles. The first-order chi connectivity index (χ1) is 9.95. The molecule has 2 rings (SSSR count).